The number of hydrogen-bond donors (Lipinski definition) is 1. The molecule has 0 radical (unpaired) electrons. The Balaban J connectivity index is 1.85. The maximum Gasteiger partial charge on any atom is 0.0464 e. The van der Waals surface area contributed by atoms with Crippen LogP contribution in [-0.4, -0.2) is 11.7 Å². The highest BCUT2D eigenvalue weighted by Crippen LogP contribution is 2.48. The van der Waals surface area contributed by atoms with Crippen molar-refractivity contribution in [2.75, 3.05) is 6.61 Å². The van der Waals surface area contributed by atoms with Crippen LogP contribution in [0, 0.1) is 17.8 Å². The molecule has 1 heteroatoms. The summed E-state index contributed by atoms with van der Waals surface area (Å²) in [4.78, 5) is 0. The van der Waals surface area contributed by atoms with E-state index in [1.165, 1.54) is 25.7 Å². The van der Waals surface area contributed by atoms with E-state index in [1.807, 2.05) is 0 Å². The maximum atomic E-state index is 8.95. The van der Waals surface area contributed by atoms with E-state index >= 15 is 0 Å². The first-order chi connectivity index (χ1) is 4.42. The summed E-state index contributed by atoms with van der Waals surface area (Å²) in [5.74, 6) is 2.54. The lowest BCUT2D eigenvalue weighted by molar-refractivity contribution is 0.192. The molecule has 0 heterocycles. The van der Waals surface area contributed by atoms with Crippen molar-refractivity contribution < 1.29 is 5.11 Å². The molecule has 0 aromatic heterocycles. The van der Waals surface area contributed by atoms with Gasteiger partial charge in [0.1, 0.15) is 0 Å². The molecule has 2 saturated carbocycles. The zero-order valence-electron chi connectivity index (χ0n) is 5.71. The van der Waals surface area contributed by atoms with Gasteiger partial charge in [-0.1, -0.05) is 0 Å². The summed E-state index contributed by atoms with van der Waals surface area (Å²) >= 11 is 0. The third-order valence-corrected chi connectivity index (χ3v) is 2.67. The van der Waals surface area contributed by atoms with Crippen molar-refractivity contribution in [2.24, 2.45) is 17.8 Å². The van der Waals surface area contributed by atoms with Crippen molar-refractivity contribution in [1.29, 1.82) is 0 Å². The minimum Gasteiger partial charge on any atom is -0.396 e. The molecule has 0 amide bonds. The van der Waals surface area contributed by atoms with Gasteiger partial charge in [-0.05, 0) is 43.4 Å². The van der Waals surface area contributed by atoms with Gasteiger partial charge < -0.3 is 5.11 Å². The third kappa shape index (κ3) is 1.11. The summed E-state index contributed by atoms with van der Waals surface area (Å²) in [6, 6.07) is 0. The largest absolute Gasteiger partial charge is 0.396 e. The number of rotatable bonds is 3. The van der Waals surface area contributed by atoms with Crippen LogP contribution in [0.15, 0.2) is 0 Å². The Morgan fingerprint density at radius 3 is 1.78 bits per heavy atom. The summed E-state index contributed by atoms with van der Waals surface area (Å²) < 4.78 is 0. The quantitative estimate of drug-likeness (QED) is 0.606. The van der Waals surface area contributed by atoms with E-state index in [1.54, 1.807) is 0 Å². The first-order valence-electron chi connectivity index (χ1n) is 4.02. The fourth-order valence-electron chi connectivity index (χ4n) is 1.73. The first-order valence-corrected chi connectivity index (χ1v) is 4.02. The highest BCUT2D eigenvalue weighted by Gasteiger charge is 2.40. The van der Waals surface area contributed by atoms with Crippen LogP contribution < -0.4 is 0 Å². The Morgan fingerprint density at radius 2 is 1.56 bits per heavy atom. The maximum absolute atomic E-state index is 8.95. The second-order valence-corrected chi connectivity index (χ2v) is 3.52. The van der Waals surface area contributed by atoms with Crippen molar-refractivity contribution in [3.63, 3.8) is 0 Å². The molecule has 0 atom stereocenters. The highest BCUT2D eigenvalue weighted by atomic mass is 16.3. The van der Waals surface area contributed by atoms with Crippen LogP contribution in [0.2, 0.25) is 0 Å². The second kappa shape index (κ2) is 1.98. The molecule has 0 aromatic rings. The molecule has 0 aromatic carbocycles. The van der Waals surface area contributed by atoms with E-state index in [4.69, 9.17) is 5.11 Å². The Hall–Kier alpha value is -0.0400. The van der Waals surface area contributed by atoms with Crippen LogP contribution in [0.4, 0.5) is 0 Å². The number of hydrogen-bond acceptors (Lipinski definition) is 1. The van der Waals surface area contributed by atoms with E-state index < -0.39 is 0 Å². The molecule has 2 aliphatic carbocycles. The van der Waals surface area contributed by atoms with Gasteiger partial charge in [-0.25, -0.2) is 0 Å². The fourth-order valence-corrected chi connectivity index (χ4v) is 1.73. The van der Waals surface area contributed by atoms with E-state index in [9.17, 15) is 0 Å². The summed E-state index contributed by atoms with van der Waals surface area (Å²) in [6.07, 6.45) is 5.56. The second-order valence-electron chi connectivity index (χ2n) is 3.52. The smallest absolute Gasteiger partial charge is 0.0464 e. The Labute approximate surface area is 56.1 Å². The zero-order valence-corrected chi connectivity index (χ0v) is 5.71. The van der Waals surface area contributed by atoms with Crippen LogP contribution in [-0.2, 0) is 0 Å². The van der Waals surface area contributed by atoms with Gasteiger partial charge in [0.25, 0.3) is 0 Å². The van der Waals surface area contributed by atoms with Crippen molar-refractivity contribution in [1.82, 2.24) is 0 Å². The molecule has 9 heavy (non-hydrogen) atoms. The van der Waals surface area contributed by atoms with Crippen LogP contribution in [0.1, 0.15) is 25.7 Å². The van der Waals surface area contributed by atoms with Gasteiger partial charge in [-0.2, -0.15) is 0 Å². The van der Waals surface area contributed by atoms with Gasteiger partial charge in [0, 0.05) is 6.61 Å². The fraction of sp³-hybridized carbons (Fsp3) is 1.00. The van der Waals surface area contributed by atoms with Gasteiger partial charge in [0.15, 0.2) is 0 Å². The zero-order chi connectivity index (χ0) is 6.27. The van der Waals surface area contributed by atoms with Crippen LogP contribution >= 0.6 is 0 Å². The Morgan fingerprint density at radius 1 is 1.11 bits per heavy atom. The standard InChI is InChI=1S/C8H14O/c9-5-8(6-1-2-6)7-3-4-7/h6-9H,1-5H2. The minimum atomic E-state index is 0.454. The lowest BCUT2D eigenvalue weighted by Gasteiger charge is -2.09. The molecule has 0 aliphatic heterocycles. The highest BCUT2D eigenvalue weighted by molar-refractivity contribution is 4.90. The molecule has 52 valence electrons. The summed E-state index contributed by atoms with van der Waals surface area (Å²) in [5, 5.41) is 8.95. The van der Waals surface area contributed by atoms with E-state index in [0.29, 0.717) is 12.5 Å². The molecule has 0 bridgehead atoms. The normalized spacial score (nSPS) is 27.3. The van der Waals surface area contributed by atoms with Crippen molar-refractivity contribution >= 4 is 0 Å². The molecule has 0 spiro atoms. The Kier molecular flexibility index (Phi) is 1.26. The molecule has 0 saturated heterocycles. The molecule has 1 nitrogen and oxygen atoms in total. The van der Waals surface area contributed by atoms with E-state index in [-0.39, 0.29) is 0 Å². The van der Waals surface area contributed by atoms with Crippen LogP contribution in [0.5, 0.6) is 0 Å². The van der Waals surface area contributed by atoms with E-state index in [0.717, 1.165) is 11.8 Å². The van der Waals surface area contributed by atoms with Crippen molar-refractivity contribution in [3.05, 3.63) is 0 Å². The molecule has 2 fully saturated rings. The predicted octanol–water partition coefficient (Wildman–Crippen LogP) is 1.41. The van der Waals surface area contributed by atoms with Crippen molar-refractivity contribution in [3.8, 4) is 0 Å². The average molecular weight is 126 g/mol. The monoisotopic (exact) mass is 126 g/mol. The lowest BCUT2D eigenvalue weighted by atomic mass is 9.99. The summed E-state index contributed by atoms with van der Waals surface area (Å²) in [6.45, 7) is 0.454. The molecular formula is C8H14O. The van der Waals surface area contributed by atoms with Gasteiger partial charge in [0.05, 0.1) is 0 Å². The van der Waals surface area contributed by atoms with Gasteiger partial charge in [-0.15, -0.1) is 0 Å². The SMILES string of the molecule is OCC(C1CC1)C1CC1. The summed E-state index contributed by atoms with van der Waals surface area (Å²) in [5.41, 5.74) is 0. The van der Waals surface area contributed by atoms with Crippen LogP contribution in [0.3, 0.4) is 0 Å². The topological polar surface area (TPSA) is 20.2 Å². The number of aliphatic hydroxyl groups excluding tert-OH is 1. The molecule has 2 rings (SSSR count). The summed E-state index contributed by atoms with van der Waals surface area (Å²) in [7, 11) is 0. The van der Waals surface area contributed by atoms with Crippen molar-refractivity contribution in [2.45, 2.75) is 25.7 Å². The molecule has 0 unspecified atom stereocenters. The first kappa shape index (κ1) is 5.72. The van der Waals surface area contributed by atoms with Gasteiger partial charge in [-0.3, -0.25) is 0 Å². The van der Waals surface area contributed by atoms with Gasteiger partial charge >= 0.3 is 0 Å². The Bertz CT molecular complexity index is 91.1. The molecular weight excluding hydrogens is 112 g/mol. The minimum absolute atomic E-state index is 0.454. The number of aliphatic hydroxyl groups is 1. The lowest BCUT2D eigenvalue weighted by Crippen LogP contribution is -2.10. The van der Waals surface area contributed by atoms with Gasteiger partial charge in [0.2, 0.25) is 0 Å². The average Bonchev–Trinajstić information content (AvgIpc) is 2.61. The van der Waals surface area contributed by atoms with E-state index in [2.05, 4.69) is 0 Å². The molecule has 2 aliphatic rings. The third-order valence-electron chi connectivity index (χ3n) is 2.67. The predicted molar refractivity (Wildman–Crippen MR) is 36.0 cm³/mol. The van der Waals surface area contributed by atoms with Crippen LogP contribution in [0.25, 0.3) is 0 Å². The molecule has 1 N–H and O–H groups in total.